The fourth-order valence-corrected chi connectivity index (χ4v) is 3.33. The van der Waals surface area contributed by atoms with Crippen molar-refractivity contribution < 1.29 is 14.3 Å². The third-order valence-corrected chi connectivity index (χ3v) is 6.14. The lowest BCUT2D eigenvalue weighted by atomic mass is 9.74. The van der Waals surface area contributed by atoms with E-state index < -0.39 is 10.8 Å². The number of allylic oxidation sites excluding steroid dienone is 2. The molecule has 0 aliphatic heterocycles. The number of carbonyl (C=O) groups excluding carboxylic acids is 2. The Balaban J connectivity index is 1.93. The van der Waals surface area contributed by atoms with Crippen molar-refractivity contribution >= 4 is 35.1 Å². The highest BCUT2D eigenvalue weighted by atomic mass is 35.5. The van der Waals surface area contributed by atoms with Gasteiger partial charge in [0.1, 0.15) is 5.75 Å². The molecule has 4 nitrogen and oxygen atoms in total. The van der Waals surface area contributed by atoms with Crippen LogP contribution in [0.25, 0.3) is 0 Å². The van der Waals surface area contributed by atoms with Crippen LogP contribution in [0.2, 0.25) is 5.02 Å². The molecule has 1 amide bonds. The van der Waals surface area contributed by atoms with E-state index >= 15 is 0 Å². The normalized spacial score (nSPS) is 18.8. The Hall–Kier alpha value is -2.56. The van der Waals surface area contributed by atoms with Crippen LogP contribution in [0, 0.1) is 5.41 Å². The van der Waals surface area contributed by atoms with E-state index in [-0.39, 0.29) is 23.3 Å². The Morgan fingerprint density at radius 1 is 1.03 bits per heavy atom. The number of amides is 1. The molecule has 6 heteroatoms. The smallest absolute Gasteiger partial charge is 0.345 e. The zero-order valence-electron chi connectivity index (χ0n) is 17.0. The standard InChI is InChI=1S/C24H23Cl2NO3/c1-23(2,3)24(26)14-13-19(22(29)30-18-7-5-4-6-8-18)20(15-24)27-21(28)16-9-11-17(25)12-10-16/h4-14H,15H2,1-3H3,(H,27,28). The third kappa shape index (κ3) is 4.94. The molecule has 1 aliphatic rings. The molecule has 0 spiro atoms. The summed E-state index contributed by atoms with van der Waals surface area (Å²) in [5, 5.41) is 3.39. The van der Waals surface area contributed by atoms with Gasteiger partial charge in [-0.1, -0.05) is 56.6 Å². The summed E-state index contributed by atoms with van der Waals surface area (Å²) in [6.07, 6.45) is 3.70. The van der Waals surface area contributed by atoms with Crippen molar-refractivity contribution in [1.29, 1.82) is 0 Å². The topological polar surface area (TPSA) is 55.4 Å². The molecular weight excluding hydrogens is 421 g/mol. The predicted octanol–water partition coefficient (Wildman–Crippen LogP) is 5.91. The van der Waals surface area contributed by atoms with Crippen molar-refractivity contribution in [2.45, 2.75) is 32.1 Å². The fraction of sp³-hybridized carbons (Fsp3) is 0.250. The largest absolute Gasteiger partial charge is 0.423 e. The molecule has 156 valence electrons. The molecule has 1 aliphatic carbocycles. The van der Waals surface area contributed by atoms with Crippen molar-refractivity contribution in [3.63, 3.8) is 0 Å². The van der Waals surface area contributed by atoms with Crippen LogP contribution in [0.1, 0.15) is 37.6 Å². The summed E-state index contributed by atoms with van der Waals surface area (Å²) < 4.78 is 5.48. The van der Waals surface area contributed by atoms with E-state index in [0.29, 0.717) is 22.0 Å². The Labute approximate surface area is 186 Å². The number of rotatable bonds is 4. The molecule has 0 aromatic heterocycles. The van der Waals surface area contributed by atoms with Gasteiger partial charge in [0.05, 0.1) is 10.4 Å². The quantitative estimate of drug-likeness (QED) is 0.362. The number of hydrogen-bond acceptors (Lipinski definition) is 3. The van der Waals surface area contributed by atoms with E-state index in [2.05, 4.69) is 5.32 Å². The van der Waals surface area contributed by atoms with Crippen LogP contribution in [0.5, 0.6) is 5.75 Å². The molecule has 0 bridgehead atoms. The predicted molar refractivity (Wildman–Crippen MR) is 120 cm³/mol. The van der Waals surface area contributed by atoms with Crippen molar-refractivity contribution in [1.82, 2.24) is 5.32 Å². The first-order chi connectivity index (χ1) is 14.1. The summed E-state index contributed by atoms with van der Waals surface area (Å²) in [5.74, 6) is -0.489. The van der Waals surface area contributed by atoms with Gasteiger partial charge in [-0.05, 0) is 47.9 Å². The lowest BCUT2D eigenvalue weighted by molar-refractivity contribution is -0.129. The average Bonchev–Trinajstić information content (AvgIpc) is 2.68. The highest BCUT2D eigenvalue weighted by molar-refractivity contribution is 6.30. The SMILES string of the molecule is CC(C)(C)C1(Cl)C=CC(C(=O)Oc2ccccc2)=C(NC(=O)c2ccc(Cl)cc2)C1. The third-order valence-electron chi connectivity index (χ3n) is 5.06. The Morgan fingerprint density at radius 3 is 2.27 bits per heavy atom. The maximum Gasteiger partial charge on any atom is 0.345 e. The van der Waals surface area contributed by atoms with E-state index in [1.54, 1.807) is 60.7 Å². The molecule has 2 aromatic carbocycles. The first kappa shape index (κ1) is 22.1. The number of hydrogen-bond donors (Lipinski definition) is 1. The summed E-state index contributed by atoms with van der Waals surface area (Å²) in [7, 11) is 0. The van der Waals surface area contributed by atoms with Crippen molar-refractivity contribution in [3.8, 4) is 5.75 Å². The molecule has 30 heavy (non-hydrogen) atoms. The summed E-state index contributed by atoms with van der Waals surface area (Å²) in [6.45, 7) is 6.03. The second kappa shape index (κ2) is 8.66. The van der Waals surface area contributed by atoms with Gasteiger partial charge in [0, 0.05) is 22.7 Å². The van der Waals surface area contributed by atoms with E-state index in [0.717, 1.165) is 0 Å². The minimum atomic E-state index is -0.772. The van der Waals surface area contributed by atoms with E-state index in [4.69, 9.17) is 27.9 Å². The van der Waals surface area contributed by atoms with Gasteiger partial charge in [0.2, 0.25) is 0 Å². The summed E-state index contributed by atoms with van der Waals surface area (Å²) >= 11 is 12.8. The molecule has 0 saturated heterocycles. The number of para-hydroxylation sites is 1. The van der Waals surface area contributed by atoms with Gasteiger partial charge in [-0.25, -0.2) is 4.79 Å². The minimum absolute atomic E-state index is 0.265. The number of ether oxygens (including phenoxy) is 1. The van der Waals surface area contributed by atoms with E-state index in [1.807, 2.05) is 26.8 Å². The molecule has 3 rings (SSSR count). The molecule has 1 atom stereocenters. The monoisotopic (exact) mass is 443 g/mol. The fourth-order valence-electron chi connectivity index (χ4n) is 3.01. The second-order valence-corrected chi connectivity index (χ2v) is 9.29. The van der Waals surface area contributed by atoms with Gasteiger partial charge in [-0.2, -0.15) is 0 Å². The number of benzene rings is 2. The van der Waals surface area contributed by atoms with Crippen LogP contribution in [0.3, 0.4) is 0 Å². The van der Waals surface area contributed by atoms with Gasteiger partial charge in [0.15, 0.2) is 0 Å². The first-order valence-corrected chi connectivity index (χ1v) is 10.3. The van der Waals surface area contributed by atoms with Crippen LogP contribution in [-0.4, -0.2) is 16.8 Å². The number of carbonyl (C=O) groups is 2. The molecule has 2 aromatic rings. The number of esters is 1. The Kier molecular flexibility index (Phi) is 6.39. The molecule has 0 radical (unpaired) electrons. The zero-order chi connectivity index (χ0) is 21.9. The molecule has 0 heterocycles. The molecule has 1 unspecified atom stereocenters. The molecule has 0 saturated carbocycles. The van der Waals surface area contributed by atoms with Gasteiger partial charge in [-0.3, -0.25) is 4.79 Å². The van der Waals surface area contributed by atoms with Crippen LogP contribution in [0.15, 0.2) is 78.0 Å². The number of halogens is 2. The Morgan fingerprint density at radius 2 is 1.67 bits per heavy atom. The molecule has 1 N–H and O–H groups in total. The molecular formula is C24H23Cl2NO3. The van der Waals surface area contributed by atoms with Crippen LogP contribution in [-0.2, 0) is 4.79 Å². The minimum Gasteiger partial charge on any atom is -0.423 e. The molecule has 0 fully saturated rings. The zero-order valence-corrected chi connectivity index (χ0v) is 18.6. The lowest BCUT2D eigenvalue weighted by Gasteiger charge is -2.40. The number of nitrogens with one attached hydrogen (secondary N) is 1. The van der Waals surface area contributed by atoms with Gasteiger partial charge in [-0.15, -0.1) is 11.6 Å². The Bertz CT molecular complexity index is 1000. The number of alkyl halides is 1. The van der Waals surface area contributed by atoms with Gasteiger partial charge >= 0.3 is 5.97 Å². The van der Waals surface area contributed by atoms with Crippen molar-refractivity contribution in [2.75, 3.05) is 0 Å². The van der Waals surface area contributed by atoms with Crippen molar-refractivity contribution in [3.05, 3.63) is 88.6 Å². The lowest BCUT2D eigenvalue weighted by Crippen LogP contribution is -2.41. The average molecular weight is 444 g/mol. The maximum atomic E-state index is 12.9. The second-order valence-electron chi connectivity index (χ2n) is 8.18. The van der Waals surface area contributed by atoms with E-state index in [1.165, 1.54) is 0 Å². The van der Waals surface area contributed by atoms with Gasteiger partial charge < -0.3 is 10.1 Å². The van der Waals surface area contributed by atoms with E-state index in [9.17, 15) is 9.59 Å². The summed E-state index contributed by atoms with van der Waals surface area (Å²) in [6, 6.07) is 15.3. The summed E-state index contributed by atoms with van der Waals surface area (Å²) in [5.41, 5.74) is 0.800. The van der Waals surface area contributed by atoms with Gasteiger partial charge in [0.25, 0.3) is 5.91 Å². The summed E-state index contributed by atoms with van der Waals surface area (Å²) in [4.78, 5) is 24.9. The van der Waals surface area contributed by atoms with Crippen LogP contribution in [0.4, 0.5) is 0 Å². The van der Waals surface area contributed by atoms with Crippen LogP contribution >= 0.6 is 23.2 Å². The maximum absolute atomic E-state index is 12.9. The van der Waals surface area contributed by atoms with Crippen LogP contribution < -0.4 is 10.1 Å². The first-order valence-electron chi connectivity index (χ1n) is 9.54. The van der Waals surface area contributed by atoms with Crippen molar-refractivity contribution in [2.24, 2.45) is 5.41 Å². The highest BCUT2D eigenvalue weighted by Crippen LogP contribution is 2.45. The highest BCUT2D eigenvalue weighted by Gasteiger charge is 2.42.